The summed E-state index contributed by atoms with van der Waals surface area (Å²) < 4.78 is 0. The molecule has 1 aliphatic rings. The Labute approximate surface area is 80.9 Å². The molecule has 0 saturated carbocycles. The van der Waals surface area contributed by atoms with Crippen LogP contribution in [0.1, 0.15) is 33.1 Å². The molecule has 0 aliphatic carbocycles. The number of hydrogen-bond acceptors (Lipinski definition) is 2. The van der Waals surface area contributed by atoms with Gasteiger partial charge in [-0.25, -0.2) is 0 Å². The lowest BCUT2D eigenvalue weighted by Gasteiger charge is -2.26. The smallest absolute Gasteiger partial charge is 0.104 e. The highest BCUT2D eigenvalue weighted by molar-refractivity contribution is 5.02. The molecule has 1 unspecified atom stereocenters. The molecule has 0 aromatic rings. The lowest BCUT2D eigenvalue weighted by atomic mass is 10.1. The van der Waals surface area contributed by atoms with E-state index in [1.165, 1.54) is 19.4 Å². The summed E-state index contributed by atoms with van der Waals surface area (Å²) in [6.07, 6.45) is 3.47. The monoisotopic (exact) mass is 181 g/mol. The summed E-state index contributed by atoms with van der Waals surface area (Å²) >= 11 is 0. The number of nitrogens with zero attached hydrogens (tertiary/aromatic N) is 1. The van der Waals surface area contributed by atoms with E-state index in [1.54, 1.807) is 0 Å². The Kier molecular flexibility index (Phi) is 4.27. The molecule has 1 heterocycles. The molecular weight excluding hydrogens is 162 g/mol. The predicted octanol–water partition coefficient (Wildman–Crippen LogP) is 1.25. The molecule has 0 spiro atoms. The molecule has 1 fully saturated rings. The number of aliphatic hydroxyl groups excluding tert-OH is 1. The summed E-state index contributed by atoms with van der Waals surface area (Å²) in [5.41, 5.74) is 0. The molecule has 1 N–H and O–H groups in total. The molecule has 1 saturated heterocycles. The predicted molar refractivity (Wildman–Crippen MR) is 54.3 cm³/mol. The van der Waals surface area contributed by atoms with Crippen LogP contribution in [0.2, 0.25) is 0 Å². The van der Waals surface area contributed by atoms with Crippen LogP contribution < -0.4 is 0 Å². The second-order valence-corrected chi connectivity index (χ2v) is 3.84. The molecule has 0 aromatic carbocycles. The topological polar surface area (TPSA) is 23.5 Å². The van der Waals surface area contributed by atoms with Crippen LogP contribution in [0.5, 0.6) is 0 Å². The Morgan fingerprint density at radius 1 is 1.46 bits per heavy atom. The fraction of sp³-hybridized carbons (Fsp3) is 0.818. The van der Waals surface area contributed by atoms with Gasteiger partial charge < -0.3 is 5.11 Å². The molecule has 2 heteroatoms. The van der Waals surface area contributed by atoms with Crippen molar-refractivity contribution in [3.63, 3.8) is 0 Å². The zero-order chi connectivity index (χ0) is 9.68. The first kappa shape index (κ1) is 10.6. The third-order valence-electron chi connectivity index (χ3n) is 2.63. The van der Waals surface area contributed by atoms with Crippen molar-refractivity contribution in [1.82, 2.24) is 4.90 Å². The quantitative estimate of drug-likeness (QED) is 0.648. The number of hydrogen-bond donors (Lipinski definition) is 1. The highest BCUT2D eigenvalue weighted by Crippen LogP contribution is 2.21. The normalized spacial score (nSPS) is 23.2. The molecule has 0 amide bonds. The van der Waals surface area contributed by atoms with Gasteiger partial charge in [0.15, 0.2) is 0 Å². The Balaban J connectivity index is 2.39. The molecular formula is C11H19NO. The van der Waals surface area contributed by atoms with Crippen LogP contribution in [0, 0.1) is 11.8 Å². The van der Waals surface area contributed by atoms with Crippen LogP contribution >= 0.6 is 0 Å². The fourth-order valence-corrected chi connectivity index (χ4v) is 2.00. The Morgan fingerprint density at radius 2 is 2.23 bits per heavy atom. The van der Waals surface area contributed by atoms with Crippen LogP contribution in [-0.2, 0) is 0 Å². The van der Waals surface area contributed by atoms with E-state index < -0.39 is 0 Å². The molecule has 1 rings (SSSR count). The van der Waals surface area contributed by atoms with Crippen molar-refractivity contribution in [3.05, 3.63) is 0 Å². The highest BCUT2D eigenvalue weighted by Gasteiger charge is 2.25. The number of rotatable bonds is 2. The van der Waals surface area contributed by atoms with Crippen LogP contribution in [-0.4, -0.2) is 35.2 Å². The molecule has 0 radical (unpaired) electrons. The largest absolute Gasteiger partial charge is 0.384 e. The lowest BCUT2D eigenvalue weighted by Crippen LogP contribution is -2.35. The summed E-state index contributed by atoms with van der Waals surface area (Å²) in [4.78, 5) is 2.51. The molecule has 2 nitrogen and oxygen atoms in total. The molecule has 0 bridgehead atoms. The van der Waals surface area contributed by atoms with Crippen LogP contribution in [0.25, 0.3) is 0 Å². The minimum Gasteiger partial charge on any atom is -0.384 e. The highest BCUT2D eigenvalue weighted by atomic mass is 16.2. The van der Waals surface area contributed by atoms with Gasteiger partial charge in [0.2, 0.25) is 0 Å². The summed E-state index contributed by atoms with van der Waals surface area (Å²) in [6.45, 7) is 5.67. The summed E-state index contributed by atoms with van der Waals surface area (Å²) in [7, 11) is 0. The van der Waals surface area contributed by atoms with Crippen molar-refractivity contribution in [1.29, 1.82) is 0 Å². The Hall–Kier alpha value is -0.520. The zero-order valence-corrected chi connectivity index (χ0v) is 8.58. The van der Waals surface area contributed by atoms with E-state index in [0.717, 1.165) is 6.42 Å². The van der Waals surface area contributed by atoms with Crippen molar-refractivity contribution < 1.29 is 5.11 Å². The van der Waals surface area contributed by atoms with Crippen molar-refractivity contribution in [2.24, 2.45) is 0 Å². The van der Waals surface area contributed by atoms with E-state index in [0.29, 0.717) is 12.1 Å². The first-order valence-corrected chi connectivity index (χ1v) is 5.08. The fourth-order valence-electron chi connectivity index (χ4n) is 2.00. The van der Waals surface area contributed by atoms with Crippen LogP contribution in [0.3, 0.4) is 0 Å². The maximum Gasteiger partial charge on any atom is 0.104 e. The van der Waals surface area contributed by atoms with E-state index >= 15 is 0 Å². The van der Waals surface area contributed by atoms with Gasteiger partial charge in [-0.2, -0.15) is 0 Å². The van der Waals surface area contributed by atoms with Crippen molar-refractivity contribution in [2.45, 2.75) is 45.2 Å². The number of aliphatic hydroxyl groups is 1. The van der Waals surface area contributed by atoms with E-state index in [2.05, 4.69) is 30.6 Å². The van der Waals surface area contributed by atoms with Crippen molar-refractivity contribution in [3.8, 4) is 11.8 Å². The second-order valence-electron chi connectivity index (χ2n) is 3.84. The van der Waals surface area contributed by atoms with Gasteiger partial charge in [0.25, 0.3) is 0 Å². The summed E-state index contributed by atoms with van der Waals surface area (Å²) in [6, 6.07) is 1.25. The van der Waals surface area contributed by atoms with Crippen LogP contribution in [0.4, 0.5) is 0 Å². The lowest BCUT2D eigenvalue weighted by molar-refractivity contribution is 0.206. The number of likely N-dealkylation sites (tertiary alicyclic amines) is 1. The first-order chi connectivity index (χ1) is 6.25. The van der Waals surface area contributed by atoms with Gasteiger partial charge in [-0.05, 0) is 33.2 Å². The minimum atomic E-state index is -0.00556. The van der Waals surface area contributed by atoms with E-state index in [1.807, 2.05) is 0 Å². The van der Waals surface area contributed by atoms with Crippen molar-refractivity contribution in [2.75, 3.05) is 13.2 Å². The van der Waals surface area contributed by atoms with Crippen LogP contribution in [0.15, 0.2) is 0 Å². The molecule has 13 heavy (non-hydrogen) atoms. The molecule has 74 valence electrons. The SMILES string of the molecule is CC(C)N1CCCC1CC#CCO. The van der Waals surface area contributed by atoms with E-state index in [9.17, 15) is 0 Å². The summed E-state index contributed by atoms with van der Waals surface area (Å²) in [5.74, 6) is 5.73. The third kappa shape index (κ3) is 3.02. The van der Waals surface area contributed by atoms with Crippen molar-refractivity contribution >= 4 is 0 Å². The Bertz CT molecular complexity index is 202. The van der Waals surface area contributed by atoms with Gasteiger partial charge in [0, 0.05) is 18.5 Å². The maximum atomic E-state index is 8.53. The third-order valence-corrected chi connectivity index (χ3v) is 2.63. The van der Waals surface area contributed by atoms with Gasteiger partial charge in [0.05, 0.1) is 0 Å². The average molecular weight is 181 g/mol. The van der Waals surface area contributed by atoms with Gasteiger partial charge >= 0.3 is 0 Å². The van der Waals surface area contributed by atoms with Gasteiger partial charge in [-0.15, -0.1) is 0 Å². The van der Waals surface area contributed by atoms with Gasteiger partial charge in [-0.3, -0.25) is 4.90 Å². The molecule has 1 atom stereocenters. The van der Waals surface area contributed by atoms with Gasteiger partial charge in [0.1, 0.15) is 6.61 Å². The zero-order valence-electron chi connectivity index (χ0n) is 8.58. The summed E-state index contributed by atoms with van der Waals surface area (Å²) in [5, 5.41) is 8.53. The maximum absolute atomic E-state index is 8.53. The molecule has 1 aliphatic heterocycles. The molecule has 0 aromatic heterocycles. The van der Waals surface area contributed by atoms with E-state index in [4.69, 9.17) is 5.11 Å². The Morgan fingerprint density at radius 3 is 2.85 bits per heavy atom. The van der Waals surface area contributed by atoms with E-state index in [-0.39, 0.29) is 6.61 Å². The minimum absolute atomic E-state index is 0.00556. The van der Waals surface area contributed by atoms with Gasteiger partial charge in [-0.1, -0.05) is 11.8 Å². The standard InChI is InChI=1S/C11H19NO/c1-10(2)12-8-5-7-11(12)6-3-4-9-13/h10-11,13H,5-9H2,1-2H3. The average Bonchev–Trinajstić information content (AvgIpc) is 2.53. The second kappa shape index (κ2) is 5.26. The first-order valence-electron chi connectivity index (χ1n) is 5.08.